The number of benzene rings is 3. The van der Waals surface area contributed by atoms with Gasteiger partial charge in [0, 0.05) is 0 Å². The minimum Gasteiger partial charge on any atom is -0.491 e. The molecule has 0 aromatic heterocycles. The third-order valence-electron chi connectivity index (χ3n) is 8.57. The van der Waals surface area contributed by atoms with Crippen molar-refractivity contribution in [2.75, 3.05) is 6.61 Å². The number of rotatable bonds is 24. The Morgan fingerprint density at radius 3 is 1.78 bits per heavy atom. The van der Waals surface area contributed by atoms with E-state index in [4.69, 9.17) is 9.47 Å². The molecule has 0 aliphatic rings. The van der Waals surface area contributed by atoms with Gasteiger partial charge < -0.3 is 9.47 Å². The lowest BCUT2D eigenvalue weighted by atomic mass is 9.99. The second kappa shape index (κ2) is 22.4. The summed E-state index contributed by atoms with van der Waals surface area (Å²) in [5.41, 5.74) is 3.43. The largest absolute Gasteiger partial charge is 0.491 e. The maximum Gasteiger partial charge on any atom is 0.344 e. The highest BCUT2D eigenvalue weighted by atomic mass is 19.1. The number of hydrogen-bond acceptors (Lipinski definition) is 3. The lowest BCUT2D eigenvalue weighted by Gasteiger charge is -2.12. The molecule has 3 aromatic carbocycles. The van der Waals surface area contributed by atoms with E-state index in [0.29, 0.717) is 23.5 Å². The molecule has 0 aliphatic carbocycles. The molecular weight excluding hydrogens is 559 g/mol. The molecule has 4 heteroatoms. The van der Waals surface area contributed by atoms with Crippen molar-refractivity contribution in [1.29, 1.82) is 0 Å². The average molecular weight is 617 g/mol. The molecule has 0 amide bonds. The van der Waals surface area contributed by atoms with Gasteiger partial charge in [-0.1, -0.05) is 153 Å². The van der Waals surface area contributed by atoms with Crippen LogP contribution in [0.5, 0.6) is 11.5 Å². The fraction of sp³-hybridized carbons (Fsp3) is 0.537. The monoisotopic (exact) mass is 616 g/mol. The van der Waals surface area contributed by atoms with Crippen LogP contribution in [0.1, 0.15) is 139 Å². The number of hydrogen-bond donors (Lipinski definition) is 0. The minimum absolute atomic E-state index is 0.0673. The summed E-state index contributed by atoms with van der Waals surface area (Å²) in [7, 11) is 0. The predicted molar refractivity (Wildman–Crippen MR) is 187 cm³/mol. The Labute approximate surface area is 272 Å². The fourth-order valence-electron chi connectivity index (χ4n) is 5.76. The van der Waals surface area contributed by atoms with Crippen LogP contribution < -0.4 is 9.47 Å². The summed E-state index contributed by atoms with van der Waals surface area (Å²) < 4.78 is 26.0. The van der Waals surface area contributed by atoms with Gasteiger partial charge in [0.25, 0.3) is 0 Å². The van der Waals surface area contributed by atoms with Gasteiger partial charge in [0.05, 0.1) is 5.56 Å². The molecule has 1 atom stereocenters. The van der Waals surface area contributed by atoms with Gasteiger partial charge in [-0.15, -0.1) is 0 Å². The van der Waals surface area contributed by atoms with Crippen molar-refractivity contribution in [3.05, 3.63) is 83.9 Å². The van der Waals surface area contributed by atoms with Gasteiger partial charge in [0.2, 0.25) is 0 Å². The summed E-state index contributed by atoms with van der Waals surface area (Å²) in [5, 5.41) is 0. The van der Waals surface area contributed by atoms with E-state index in [2.05, 4.69) is 13.8 Å². The third-order valence-corrected chi connectivity index (χ3v) is 8.57. The van der Waals surface area contributed by atoms with Gasteiger partial charge in [0.15, 0.2) is 0 Å². The van der Waals surface area contributed by atoms with Crippen LogP contribution in [0.2, 0.25) is 0 Å². The zero-order chi connectivity index (χ0) is 32.0. The first-order valence-electron chi connectivity index (χ1n) is 17.9. The van der Waals surface area contributed by atoms with Crippen molar-refractivity contribution in [3.8, 4) is 22.6 Å². The zero-order valence-electron chi connectivity index (χ0n) is 28.0. The molecule has 0 heterocycles. The summed E-state index contributed by atoms with van der Waals surface area (Å²) in [6.45, 7) is 4.55. The van der Waals surface area contributed by atoms with E-state index in [-0.39, 0.29) is 12.6 Å². The Balaban J connectivity index is 1.36. The van der Waals surface area contributed by atoms with Gasteiger partial charge in [0.1, 0.15) is 24.3 Å². The number of esters is 1. The van der Waals surface area contributed by atoms with Crippen LogP contribution in [0.3, 0.4) is 0 Å². The van der Waals surface area contributed by atoms with E-state index in [0.717, 1.165) is 30.4 Å². The van der Waals surface area contributed by atoms with Crippen LogP contribution in [0.4, 0.5) is 4.39 Å². The number of aryl methyl sites for hydroxylation is 1. The van der Waals surface area contributed by atoms with Gasteiger partial charge in [-0.3, -0.25) is 0 Å². The summed E-state index contributed by atoms with van der Waals surface area (Å²) in [6, 6.07) is 22.8. The zero-order valence-corrected chi connectivity index (χ0v) is 28.0. The lowest BCUT2D eigenvalue weighted by molar-refractivity contribution is 0.0735. The summed E-state index contributed by atoms with van der Waals surface area (Å²) in [5.74, 6) is 0.783. The molecular formula is C41H57FO3. The molecule has 0 bridgehead atoms. The van der Waals surface area contributed by atoms with Gasteiger partial charge in [-0.2, -0.15) is 0 Å². The van der Waals surface area contributed by atoms with E-state index in [1.165, 1.54) is 95.5 Å². The van der Waals surface area contributed by atoms with Crippen LogP contribution in [0.15, 0.2) is 72.8 Å². The quantitative estimate of drug-likeness (QED) is 0.0570. The summed E-state index contributed by atoms with van der Waals surface area (Å²) in [4.78, 5) is 13.1. The maximum absolute atomic E-state index is 14.5. The fourth-order valence-corrected chi connectivity index (χ4v) is 5.76. The number of alkyl halides is 1. The second-order valence-electron chi connectivity index (χ2n) is 12.5. The number of carbonyl (C=O) groups is 1. The summed E-state index contributed by atoms with van der Waals surface area (Å²) in [6.07, 6.45) is 20.9. The molecule has 0 fully saturated rings. The van der Waals surface area contributed by atoms with Gasteiger partial charge in [-0.05, 0) is 66.3 Å². The molecule has 0 N–H and O–H groups in total. The van der Waals surface area contributed by atoms with E-state index in [9.17, 15) is 9.18 Å². The van der Waals surface area contributed by atoms with Crippen LogP contribution >= 0.6 is 0 Å². The van der Waals surface area contributed by atoms with Crippen molar-refractivity contribution in [2.24, 2.45) is 0 Å². The SMILES string of the molecule is CCCCCCCCCCCCCCC(F)COc1ccc(-c2ccccc2C(=O)Oc2ccc(CCCCCC)cc2)cc1. The molecule has 0 radical (unpaired) electrons. The molecule has 246 valence electrons. The molecule has 3 rings (SSSR count). The number of ether oxygens (including phenoxy) is 2. The molecule has 0 spiro atoms. The first-order chi connectivity index (χ1) is 22.1. The highest BCUT2D eigenvalue weighted by Gasteiger charge is 2.15. The standard InChI is InChI=1S/C41H57FO3/c1-3-5-7-9-10-11-12-13-14-15-16-18-22-36(42)33-44-37-31-27-35(28-32-37)39-23-19-20-24-40(39)41(43)45-38-29-25-34(26-30-38)21-17-8-6-4-2/h19-20,23-32,36H,3-18,21-22,33H2,1-2H3. The molecule has 3 nitrogen and oxygen atoms in total. The van der Waals surface area contributed by atoms with E-state index in [1.807, 2.05) is 66.7 Å². The Kier molecular flexibility index (Phi) is 18.1. The maximum atomic E-state index is 14.5. The van der Waals surface area contributed by atoms with Crippen LogP contribution in [0.25, 0.3) is 11.1 Å². The smallest absolute Gasteiger partial charge is 0.344 e. The molecule has 0 aliphatic heterocycles. The summed E-state index contributed by atoms with van der Waals surface area (Å²) >= 11 is 0. The molecule has 45 heavy (non-hydrogen) atoms. The molecule has 1 unspecified atom stereocenters. The number of halogens is 1. The Bertz CT molecular complexity index is 1190. The first-order valence-corrected chi connectivity index (χ1v) is 17.9. The minimum atomic E-state index is -0.960. The molecule has 0 saturated heterocycles. The normalized spacial score (nSPS) is 11.8. The Morgan fingerprint density at radius 1 is 0.622 bits per heavy atom. The van der Waals surface area contributed by atoms with Crippen molar-refractivity contribution < 1.29 is 18.7 Å². The van der Waals surface area contributed by atoms with Crippen molar-refractivity contribution in [2.45, 2.75) is 136 Å². The van der Waals surface area contributed by atoms with Crippen molar-refractivity contribution in [1.82, 2.24) is 0 Å². The van der Waals surface area contributed by atoms with Gasteiger partial charge >= 0.3 is 5.97 Å². The first kappa shape index (κ1) is 36.3. The topological polar surface area (TPSA) is 35.5 Å². The molecule has 3 aromatic rings. The van der Waals surface area contributed by atoms with E-state index < -0.39 is 6.17 Å². The van der Waals surface area contributed by atoms with Crippen LogP contribution in [-0.2, 0) is 6.42 Å². The number of carbonyl (C=O) groups excluding carboxylic acids is 1. The number of unbranched alkanes of at least 4 members (excludes halogenated alkanes) is 14. The Hall–Kier alpha value is -3.14. The van der Waals surface area contributed by atoms with E-state index in [1.54, 1.807) is 6.07 Å². The molecule has 0 saturated carbocycles. The van der Waals surface area contributed by atoms with Crippen LogP contribution in [0, 0.1) is 0 Å². The van der Waals surface area contributed by atoms with Crippen molar-refractivity contribution >= 4 is 5.97 Å². The van der Waals surface area contributed by atoms with Crippen molar-refractivity contribution in [3.63, 3.8) is 0 Å². The Morgan fingerprint density at radius 2 is 1.16 bits per heavy atom. The average Bonchev–Trinajstić information content (AvgIpc) is 3.07. The predicted octanol–water partition coefficient (Wildman–Crippen LogP) is 12.5. The highest BCUT2D eigenvalue weighted by molar-refractivity contribution is 5.98. The van der Waals surface area contributed by atoms with Gasteiger partial charge in [-0.25, -0.2) is 9.18 Å². The second-order valence-corrected chi connectivity index (χ2v) is 12.5. The van der Waals surface area contributed by atoms with Crippen LogP contribution in [-0.4, -0.2) is 18.7 Å². The third kappa shape index (κ3) is 14.7. The lowest BCUT2D eigenvalue weighted by Crippen LogP contribution is -2.12. The highest BCUT2D eigenvalue weighted by Crippen LogP contribution is 2.27. The van der Waals surface area contributed by atoms with E-state index >= 15 is 0 Å².